The quantitative estimate of drug-likeness (QED) is 0.677. The Morgan fingerprint density at radius 3 is 2.23 bits per heavy atom. The third-order valence-electron chi connectivity index (χ3n) is 4.06. The molecule has 1 heterocycles. The molecule has 7 heteroatoms. The highest BCUT2D eigenvalue weighted by Crippen LogP contribution is 2.37. The number of rotatable bonds is 4. The van der Waals surface area contributed by atoms with Crippen LogP contribution < -0.4 is 4.72 Å². The lowest BCUT2D eigenvalue weighted by Gasteiger charge is -2.19. The van der Waals surface area contributed by atoms with E-state index >= 15 is 0 Å². The first kappa shape index (κ1) is 18.4. The van der Waals surface area contributed by atoms with Gasteiger partial charge in [-0.05, 0) is 29.2 Å². The van der Waals surface area contributed by atoms with Gasteiger partial charge in [-0.2, -0.15) is 0 Å². The summed E-state index contributed by atoms with van der Waals surface area (Å²) >= 11 is 1.05. The van der Waals surface area contributed by atoms with Gasteiger partial charge in [0.05, 0.1) is 10.6 Å². The highest BCUT2D eigenvalue weighted by atomic mass is 32.2. The van der Waals surface area contributed by atoms with E-state index in [-0.39, 0.29) is 20.9 Å². The maximum atomic E-state index is 12.8. The number of thiophene rings is 1. The van der Waals surface area contributed by atoms with Crippen molar-refractivity contribution in [1.82, 2.24) is 0 Å². The topological polar surface area (TPSA) is 83.5 Å². The van der Waals surface area contributed by atoms with Crippen molar-refractivity contribution in [2.24, 2.45) is 0 Å². The molecule has 136 valence electrons. The monoisotopic (exact) mass is 389 g/mol. The van der Waals surface area contributed by atoms with Gasteiger partial charge in [-0.1, -0.05) is 51.1 Å². The highest BCUT2D eigenvalue weighted by molar-refractivity contribution is 7.92. The second-order valence-corrected chi connectivity index (χ2v) is 9.72. The summed E-state index contributed by atoms with van der Waals surface area (Å²) in [7, 11) is -3.90. The van der Waals surface area contributed by atoms with Crippen molar-refractivity contribution in [3.8, 4) is 0 Å². The third-order valence-corrected chi connectivity index (χ3v) is 6.58. The summed E-state index contributed by atoms with van der Waals surface area (Å²) in [6.07, 6.45) is 0. The zero-order valence-electron chi connectivity index (χ0n) is 14.6. The summed E-state index contributed by atoms with van der Waals surface area (Å²) in [5, 5.41) is 10.0. The fourth-order valence-corrected chi connectivity index (χ4v) is 4.78. The molecule has 2 aromatic carbocycles. The normalized spacial score (nSPS) is 12.3. The molecule has 5 nitrogen and oxygen atoms in total. The molecule has 0 radical (unpaired) electrons. The van der Waals surface area contributed by atoms with Gasteiger partial charge < -0.3 is 5.11 Å². The standard InChI is InChI=1S/C19H19NO4S2/c1-19(2,3)12-8-10-13(11-9-12)26(23,24)20-16-14-6-4-5-7-15(14)25-17(16)18(21)22/h4-11,20H,1-3H3,(H,21,22). The van der Waals surface area contributed by atoms with Crippen molar-refractivity contribution in [3.63, 3.8) is 0 Å². The number of benzene rings is 2. The molecule has 0 atom stereocenters. The number of sulfonamides is 1. The van der Waals surface area contributed by atoms with Crippen molar-refractivity contribution in [2.45, 2.75) is 31.1 Å². The van der Waals surface area contributed by atoms with Crippen LogP contribution in [0.1, 0.15) is 36.0 Å². The van der Waals surface area contributed by atoms with Crippen LogP contribution in [0.5, 0.6) is 0 Å². The molecule has 0 aliphatic rings. The van der Waals surface area contributed by atoms with Crippen LogP contribution in [0.25, 0.3) is 10.1 Å². The smallest absolute Gasteiger partial charge is 0.348 e. The molecule has 1 aromatic heterocycles. The first-order chi connectivity index (χ1) is 12.1. The van der Waals surface area contributed by atoms with Crippen LogP contribution in [-0.2, 0) is 15.4 Å². The van der Waals surface area contributed by atoms with E-state index in [1.54, 1.807) is 36.4 Å². The summed E-state index contributed by atoms with van der Waals surface area (Å²) in [5.74, 6) is -1.16. The van der Waals surface area contributed by atoms with Gasteiger partial charge >= 0.3 is 5.97 Å². The van der Waals surface area contributed by atoms with Gasteiger partial charge in [-0.15, -0.1) is 11.3 Å². The number of nitrogens with one attached hydrogen (secondary N) is 1. The van der Waals surface area contributed by atoms with Gasteiger partial charge in [0.1, 0.15) is 4.88 Å². The van der Waals surface area contributed by atoms with E-state index in [1.807, 2.05) is 20.8 Å². The molecule has 2 N–H and O–H groups in total. The van der Waals surface area contributed by atoms with E-state index in [0.29, 0.717) is 10.1 Å². The molecule has 0 fully saturated rings. The van der Waals surface area contributed by atoms with E-state index < -0.39 is 16.0 Å². The third kappa shape index (κ3) is 3.45. The molecule has 3 rings (SSSR count). The molecule has 26 heavy (non-hydrogen) atoms. The fraction of sp³-hybridized carbons (Fsp3) is 0.211. The van der Waals surface area contributed by atoms with Crippen molar-refractivity contribution >= 4 is 43.1 Å². The molecule has 0 spiro atoms. The minimum atomic E-state index is -3.90. The van der Waals surface area contributed by atoms with Gasteiger partial charge in [0.15, 0.2) is 0 Å². The summed E-state index contributed by atoms with van der Waals surface area (Å²) in [6, 6.07) is 13.6. The van der Waals surface area contributed by atoms with E-state index in [1.165, 1.54) is 12.1 Å². The molecule has 0 aliphatic carbocycles. The Morgan fingerprint density at radius 1 is 1.04 bits per heavy atom. The molecule has 0 amide bonds. The van der Waals surface area contributed by atoms with Crippen LogP contribution in [0.3, 0.4) is 0 Å². The number of carboxylic acids is 1. The number of anilines is 1. The first-order valence-corrected chi connectivity index (χ1v) is 10.3. The van der Waals surface area contributed by atoms with Crippen LogP contribution in [0.4, 0.5) is 5.69 Å². The Balaban J connectivity index is 2.04. The highest BCUT2D eigenvalue weighted by Gasteiger charge is 2.24. The molecular weight excluding hydrogens is 370 g/mol. The number of carbonyl (C=O) groups is 1. The summed E-state index contributed by atoms with van der Waals surface area (Å²) in [4.78, 5) is 11.6. The fourth-order valence-electron chi connectivity index (χ4n) is 2.62. The summed E-state index contributed by atoms with van der Waals surface area (Å²) in [5.41, 5.74) is 1.04. The minimum absolute atomic E-state index is 0.0268. The maximum absolute atomic E-state index is 12.8. The molecule has 0 bridgehead atoms. The zero-order valence-corrected chi connectivity index (χ0v) is 16.2. The first-order valence-electron chi connectivity index (χ1n) is 7.98. The lowest BCUT2D eigenvalue weighted by Crippen LogP contribution is -2.16. The Kier molecular flexibility index (Phi) is 4.54. The Labute approximate surface area is 156 Å². The van der Waals surface area contributed by atoms with Crippen molar-refractivity contribution in [3.05, 3.63) is 59.0 Å². The molecule has 0 unspecified atom stereocenters. The number of hydrogen-bond donors (Lipinski definition) is 2. The van der Waals surface area contributed by atoms with Crippen LogP contribution in [0.15, 0.2) is 53.4 Å². The van der Waals surface area contributed by atoms with Gasteiger partial charge in [-0.25, -0.2) is 13.2 Å². The lowest BCUT2D eigenvalue weighted by atomic mass is 9.87. The number of fused-ring (bicyclic) bond motifs is 1. The lowest BCUT2D eigenvalue weighted by molar-refractivity contribution is 0.0703. The van der Waals surface area contributed by atoms with Crippen molar-refractivity contribution < 1.29 is 18.3 Å². The molecular formula is C19H19NO4S2. The number of aromatic carboxylic acids is 1. The Bertz CT molecular complexity index is 1070. The summed E-state index contributed by atoms with van der Waals surface area (Å²) in [6.45, 7) is 6.14. The predicted octanol–water partition coefficient (Wildman–Crippen LogP) is 4.70. The molecule has 0 saturated heterocycles. The number of hydrogen-bond acceptors (Lipinski definition) is 4. The predicted molar refractivity (Wildman–Crippen MR) is 105 cm³/mol. The average molecular weight is 389 g/mol. The van der Waals surface area contributed by atoms with Crippen LogP contribution in [0, 0.1) is 0 Å². The largest absolute Gasteiger partial charge is 0.477 e. The molecule has 0 aliphatic heterocycles. The van der Waals surface area contributed by atoms with Crippen LogP contribution >= 0.6 is 11.3 Å². The second-order valence-electron chi connectivity index (χ2n) is 6.99. The zero-order chi connectivity index (χ0) is 19.1. The van der Waals surface area contributed by atoms with E-state index in [0.717, 1.165) is 16.9 Å². The van der Waals surface area contributed by atoms with E-state index in [4.69, 9.17) is 0 Å². The second kappa shape index (κ2) is 6.41. The van der Waals surface area contributed by atoms with Gasteiger partial charge in [0, 0.05) is 10.1 Å². The van der Waals surface area contributed by atoms with Crippen LogP contribution in [0.2, 0.25) is 0 Å². The van der Waals surface area contributed by atoms with Gasteiger partial charge in [0.25, 0.3) is 10.0 Å². The van der Waals surface area contributed by atoms with Crippen molar-refractivity contribution in [1.29, 1.82) is 0 Å². The number of carboxylic acid groups (broad SMARTS) is 1. The van der Waals surface area contributed by atoms with Crippen LogP contribution in [-0.4, -0.2) is 19.5 Å². The van der Waals surface area contributed by atoms with E-state index in [9.17, 15) is 18.3 Å². The maximum Gasteiger partial charge on any atom is 0.348 e. The summed E-state index contributed by atoms with van der Waals surface area (Å²) < 4.78 is 28.7. The van der Waals surface area contributed by atoms with Crippen molar-refractivity contribution in [2.75, 3.05) is 4.72 Å². The molecule has 3 aromatic rings. The Morgan fingerprint density at radius 2 is 1.65 bits per heavy atom. The van der Waals surface area contributed by atoms with Gasteiger partial charge in [-0.3, -0.25) is 4.72 Å². The Hall–Kier alpha value is -2.38. The SMILES string of the molecule is CC(C)(C)c1ccc(S(=O)(=O)Nc2c(C(=O)O)sc3ccccc23)cc1. The molecule has 0 saturated carbocycles. The minimum Gasteiger partial charge on any atom is -0.477 e. The average Bonchev–Trinajstić information content (AvgIpc) is 2.93. The van der Waals surface area contributed by atoms with E-state index in [2.05, 4.69) is 4.72 Å². The van der Waals surface area contributed by atoms with Gasteiger partial charge in [0.2, 0.25) is 0 Å².